The number of sulfonamides is 1. The Morgan fingerprint density at radius 1 is 1.45 bits per heavy atom. The molecule has 2 aliphatic rings. The Morgan fingerprint density at radius 3 is 2.68 bits per heavy atom. The molecule has 120 valence electrons. The molecule has 1 aromatic rings. The molecular formula is C13H16N2O5S2. The van der Waals surface area contributed by atoms with E-state index < -0.39 is 16.0 Å². The molecule has 1 N–H and O–H groups in total. The highest BCUT2D eigenvalue weighted by molar-refractivity contribution is 7.91. The van der Waals surface area contributed by atoms with Gasteiger partial charge in [-0.1, -0.05) is 0 Å². The molecule has 2 fully saturated rings. The van der Waals surface area contributed by atoms with Crippen molar-refractivity contribution in [3.8, 4) is 0 Å². The van der Waals surface area contributed by atoms with Crippen LogP contribution in [0.4, 0.5) is 0 Å². The molecule has 1 saturated carbocycles. The van der Waals surface area contributed by atoms with Gasteiger partial charge in [-0.25, -0.2) is 13.2 Å². The molecule has 1 aliphatic carbocycles. The number of carbonyl (C=O) groups is 2. The third-order valence-electron chi connectivity index (χ3n) is 3.85. The molecular weight excluding hydrogens is 328 g/mol. The fourth-order valence-electron chi connectivity index (χ4n) is 2.42. The van der Waals surface area contributed by atoms with Crippen molar-refractivity contribution in [3.63, 3.8) is 0 Å². The summed E-state index contributed by atoms with van der Waals surface area (Å²) < 4.78 is 26.3. The fraction of sp³-hybridized carbons (Fsp3) is 0.538. The summed E-state index contributed by atoms with van der Waals surface area (Å²) in [5.74, 6) is -0.840. The molecule has 0 atom stereocenters. The highest BCUT2D eigenvalue weighted by atomic mass is 32.2. The Morgan fingerprint density at radius 2 is 2.14 bits per heavy atom. The summed E-state index contributed by atoms with van der Waals surface area (Å²) >= 11 is 0.731. The predicted octanol–water partition coefficient (Wildman–Crippen LogP) is 0.955. The van der Waals surface area contributed by atoms with Crippen molar-refractivity contribution in [2.75, 3.05) is 19.8 Å². The third-order valence-corrected chi connectivity index (χ3v) is 7.30. The van der Waals surface area contributed by atoms with E-state index in [-0.39, 0.29) is 28.2 Å². The van der Waals surface area contributed by atoms with E-state index in [0.717, 1.165) is 28.5 Å². The highest BCUT2D eigenvalue weighted by Crippen LogP contribution is 2.33. The first-order valence-electron chi connectivity index (χ1n) is 6.90. The topological polar surface area (TPSA) is 95.0 Å². The molecule has 2 heterocycles. The van der Waals surface area contributed by atoms with Crippen molar-refractivity contribution < 1.29 is 23.1 Å². The zero-order valence-electron chi connectivity index (χ0n) is 12.0. The van der Waals surface area contributed by atoms with Gasteiger partial charge in [0.2, 0.25) is 5.91 Å². The largest absolute Gasteiger partial charge is 0.477 e. The van der Waals surface area contributed by atoms with E-state index in [2.05, 4.69) is 0 Å². The Kier molecular flexibility index (Phi) is 3.74. The minimum atomic E-state index is -3.83. The number of carboxylic acid groups (broad SMARTS) is 1. The number of aromatic carboxylic acids is 1. The number of rotatable bonds is 5. The fourth-order valence-corrected chi connectivity index (χ4v) is 5.31. The van der Waals surface area contributed by atoms with E-state index in [0.29, 0.717) is 18.0 Å². The van der Waals surface area contributed by atoms with Gasteiger partial charge in [0.1, 0.15) is 9.09 Å². The Bertz CT molecular complexity index is 736. The van der Waals surface area contributed by atoms with Gasteiger partial charge in [0.15, 0.2) is 0 Å². The van der Waals surface area contributed by atoms with Crippen LogP contribution in [0.5, 0.6) is 0 Å². The molecule has 0 aromatic carbocycles. The zero-order valence-corrected chi connectivity index (χ0v) is 13.6. The maximum absolute atomic E-state index is 12.6. The van der Waals surface area contributed by atoms with Gasteiger partial charge >= 0.3 is 5.97 Å². The van der Waals surface area contributed by atoms with Gasteiger partial charge in [-0.05, 0) is 37.3 Å². The number of aryl methyl sites for hydroxylation is 1. The number of carbonyl (C=O) groups excluding carboxylic acids is 1. The summed E-state index contributed by atoms with van der Waals surface area (Å²) in [6.45, 7) is 2.05. The zero-order chi connectivity index (χ0) is 16.1. The summed E-state index contributed by atoms with van der Waals surface area (Å²) in [5, 5.41) is 9.04. The Balaban J connectivity index is 1.82. The molecule has 1 aromatic heterocycles. The molecule has 0 unspecified atom stereocenters. The van der Waals surface area contributed by atoms with Crippen molar-refractivity contribution in [1.29, 1.82) is 0 Å². The smallest absolute Gasteiger partial charge is 0.346 e. The van der Waals surface area contributed by atoms with Crippen LogP contribution in [0.25, 0.3) is 0 Å². The summed E-state index contributed by atoms with van der Waals surface area (Å²) in [4.78, 5) is 24.6. The lowest BCUT2D eigenvalue weighted by molar-refractivity contribution is -0.126. The molecule has 0 spiro atoms. The minimum absolute atomic E-state index is 0.0129. The van der Waals surface area contributed by atoms with Crippen LogP contribution in [-0.4, -0.2) is 54.4 Å². The van der Waals surface area contributed by atoms with Gasteiger partial charge in [0.25, 0.3) is 10.0 Å². The Labute approximate surface area is 132 Å². The van der Waals surface area contributed by atoms with E-state index in [1.807, 2.05) is 0 Å². The molecule has 1 aliphatic heterocycles. The molecule has 7 nitrogen and oxygen atoms in total. The maximum atomic E-state index is 12.6. The molecule has 22 heavy (non-hydrogen) atoms. The lowest BCUT2D eigenvalue weighted by Gasteiger charge is -2.17. The standard InChI is InChI=1S/C13H16N2O5S2/c1-8-4-11(21-12(8)13(17)18)22(19,20)15-6-10(16)14(7-15)5-9-2-3-9/h4,9H,2-3,5-7H2,1H3,(H,17,18). The van der Waals surface area contributed by atoms with Crippen LogP contribution >= 0.6 is 11.3 Å². The predicted molar refractivity (Wildman–Crippen MR) is 79.2 cm³/mol. The van der Waals surface area contributed by atoms with Crippen LogP contribution < -0.4 is 0 Å². The SMILES string of the molecule is Cc1cc(S(=O)(=O)N2CC(=O)N(CC3CC3)C2)sc1C(=O)O. The normalized spacial score (nSPS) is 19.9. The summed E-state index contributed by atoms with van der Waals surface area (Å²) in [7, 11) is -3.83. The van der Waals surface area contributed by atoms with Crippen molar-refractivity contribution in [2.24, 2.45) is 5.92 Å². The van der Waals surface area contributed by atoms with Crippen LogP contribution in [0.1, 0.15) is 28.1 Å². The lowest BCUT2D eigenvalue weighted by Crippen LogP contribution is -2.32. The van der Waals surface area contributed by atoms with E-state index >= 15 is 0 Å². The van der Waals surface area contributed by atoms with Crippen LogP contribution in [0.3, 0.4) is 0 Å². The van der Waals surface area contributed by atoms with Crippen LogP contribution in [0, 0.1) is 12.8 Å². The average Bonchev–Trinajstić information content (AvgIpc) is 3.03. The molecule has 1 amide bonds. The number of thiophene rings is 1. The number of nitrogens with zero attached hydrogens (tertiary/aromatic N) is 2. The van der Waals surface area contributed by atoms with Crippen LogP contribution in [-0.2, 0) is 14.8 Å². The molecule has 0 radical (unpaired) electrons. The second-order valence-electron chi connectivity index (χ2n) is 5.70. The van der Waals surface area contributed by atoms with Gasteiger partial charge in [0, 0.05) is 6.54 Å². The van der Waals surface area contributed by atoms with Crippen molar-refractivity contribution in [1.82, 2.24) is 9.21 Å². The first-order chi connectivity index (χ1) is 10.3. The maximum Gasteiger partial charge on any atom is 0.346 e. The summed E-state index contributed by atoms with van der Waals surface area (Å²) in [5.41, 5.74) is 0.413. The van der Waals surface area contributed by atoms with E-state index in [9.17, 15) is 18.0 Å². The molecule has 3 rings (SSSR count). The highest BCUT2D eigenvalue weighted by Gasteiger charge is 2.39. The third kappa shape index (κ3) is 2.75. The van der Waals surface area contributed by atoms with Gasteiger partial charge in [-0.2, -0.15) is 4.31 Å². The van der Waals surface area contributed by atoms with Crippen molar-refractivity contribution in [2.45, 2.75) is 24.0 Å². The minimum Gasteiger partial charge on any atom is -0.477 e. The number of amides is 1. The Hall–Kier alpha value is -1.45. The lowest BCUT2D eigenvalue weighted by atomic mass is 10.3. The van der Waals surface area contributed by atoms with E-state index in [4.69, 9.17) is 5.11 Å². The van der Waals surface area contributed by atoms with Gasteiger partial charge < -0.3 is 10.0 Å². The number of hydrogen-bond acceptors (Lipinski definition) is 5. The summed E-state index contributed by atoms with van der Waals surface area (Å²) in [6, 6.07) is 1.36. The molecule has 9 heteroatoms. The molecule has 0 bridgehead atoms. The van der Waals surface area contributed by atoms with Crippen LogP contribution in [0.2, 0.25) is 0 Å². The first kappa shape index (κ1) is 15.4. The van der Waals surface area contributed by atoms with Gasteiger partial charge in [0.05, 0.1) is 13.2 Å². The van der Waals surface area contributed by atoms with Crippen molar-refractivity contribution >= 4 is 33.2 Å². The molecule has 1 saturated heterocycles. The van der Waals surface area contributed by atoms with E-state index in [1.54, 1.807) is 11.8 Å². The average molecular weight is 344 g/mol. The summed E-state index contributed by atoms with van der Waals surface area (Å²) in [6.07, 6.45) is 2.17. The second kappa shape index (κ2) is 5.32. The van der Waals surface area contributed by atoms with Gasteiger partial charge in [-0.3, -0.25) is 4.79 Å². The monoisotopic (exact) mass is 344 g/mol. The van der Waals surface area contributed by atoms with E-state index in [1.165, 1.54) is 6.07 Å². The second-order valence-corrected chi connectivity index (χ2v) is 8.92. The first-order valence-corrected chi connectivity index (χ1v) is 9.16. The number of carboxylic acids is 1. The van der Waals surface area contributed by atoms with Crippen LogP contribution in [0.15, 0.2) is 10.3 Å². The quantitative estimate of drug-likeness (QED) is 0.858. The number of hydrogen-bond donors (Lipinski definition) is 1. The van der Waals surface area contributed by atoms with Gasteiger partial charge in [-0.15, -0.1) is 11.3 Å². The van der Waals surface area contributed by atoms with Crippen molar-refractivity contribution in [3.05, 3.63) is 16.5 Å².